The van der Waals surface area contributed by atoms with Crippen LogP contribution in [0, 0.1) is 0 Å². The van der Waals surface area contributed by atoms with Crippen molar-refractivity contribution in [1.29, 1.82) is 0 Å². The van der Waals surface area contributed by atoms with Crippen molar-refractivity contribution in [2.45, 2.75) is 20.0 Å². The van der Waals surface area contributed by atoms with Crippen LogP contribution in [0.3, 0.4) is 0 Å². The molecule has 0 N–H and O–H groups in total. The zero-order valence-electron chi connectivity index (χ0n) is 10.8. The summed E-state index contributed by atoms with van der Waals surface area (Å²) in [5.74, 6) is 0.541. The number of hydrogen-bond acceptors (Lipinski definition) is 3. The van der Waals surface area contributed by atoms with Crippen molar-refractivity contribution in [1.82, 2.24) is 4.98 Å². The van der Waals surface area contributed by atoms with Crippen molar-refractivity contribution < 1.29 is 9.53 Å². The predicted molar refractivity (Wildman–Crippen MR) is 77.6 cm³/mol. The average Bonchev–Trinajstić information content (AvgIpc) is 2.37. The van der Waals surface area contributed by atoms with Crippen LogP contribution in [-0.4, -0.2) is 16.9 Å². The van der Waals surface area contributed by atoms with Gasteiger partial charge in [0.05, 0.1) is 12.3 Å². The molecule has 0 fully saturated rings. The molecular weight excluding hydrogens is 306 g/mol. The first-order valence-corrected chi connectivity index (χ1v) is 6.77. The third-order valence-corrected chi connectivity index (χ3v) is 2.93. The number of nitrogens with zero attached hydrogens (tertiary/aromatic N) is 1. The molecule has 98 valence electrons. The van der Waals surface area contributed by atoms with Gasteiger partial charge in [-0.25, -0.2) is 0 Å². The molecule has 0 aliphatic heterocycles. The van der Waals surface area contributed by atoms with Gasteiger partial charge < -0.3 is 4.74 Å². The maximum absolute atomic E-state index is 12.3. The largest absolute Gasteiger partial charge is 0.489 e. The highest BCUT2D eigenvalue weighted by molar-refractivity contribution is 9.10. The highest BCUT2D eigenvalue weighted by Crippen LogP contribution is 2.18. The van der Waals surface area contributed by atoms with E-state index in [0.717, 1.165) is 4.47 Å². The highest BCUT2D eigenvalue weighted by Gasteiger charge is 2.11. The predicted octanol–water partition coefficient (Wildman–Crippen LogP) is 3.86. The first kappa shape index (κ1) is 13.7. The van der Waals surface area contributed by atoms with Crippen molar-refractivity contribution in [2.24, 2.45) is 0 Å². The summed E-state index contributed by atoms with van der Waals surface area (Å²) >= 11 is 3.36. The molecule has 0 bridgehead atoms. The van der Waals surface area contributed by atoms with Gasteiger partial charge in [0.2, 0.25) is 0 Å². The van der Waals surface area contributed by atoms with Crippen LogP contribution >= 0.6 is 15.9 Å². The third kappa shape index (κ3) is 3.64. The quantitative estimate of drug-likeness (QED) is 0.803. The number of carbonyl (C=O) groups excluding carboxylic acids is 1. The molecule has 0 aliphatic rings. The van der Waals surface area contributed by atoms with Crippen LogP contribution in [0.15, 0.2) is 47.2 Å². The van der Waals surface area contributed by atoms with Crippen molar-refractivity contribution in [3.8, 4) is 5.75 Å². The molecule has 2 aromatic rings. The molecule has 19 heavy (non-hydrogen) atoms. The number of hydrogen-bond donors (Lipinski definition) is 0. The fraction of sp³-hybridized carbons (Fsp3) is 0.200. The molecule has 0 radical (unpaired) electrons. The fourth-order valence-corrected chi connectivity index (χ4v) is 2.08. The molecule has 0 unspecified atom stereocenters. The van der Waals surface area contributed by atoms with Gasteiger partial charge in [0.25, 0.3) is 0 Å². The van der Waals surface area contributed by atoms with E-state index in [-0.39, 0.29) is 11.9 Å². The molecule has 2 rings (SSSR count). The summed E-state index contributed by atoms with van der Waals surface area (Å²) in [7, 11) is 0. The highest BCUT2D eigenvalue weighted by atomic mass is 79.9. The monoisotopic (exact) mass is 319 g/mol. The summed E-state index contributed by atoms with van der Waals surface area (Å²) in [6.07, 6.45) is 3.21. The first-order valence-electron chi connectivity index (χ1n) is 5.98. The van der Waals surface area contributed by atoms with E-state index in [2.05, 4.69) is 20.9 Å². The van der Waals surface area contributed by atoms with Crippen LogP contribution < -0.4 is 4.74 Å². The topological polar surface area (TPSA) is 39.2 Å². The van der Waals surface area contributed by atoms with Crippen LogP contribution in [0.1, 0.15) is 29.8 Å². The summed E-state index contributed by atoms with van der Waals surface area (Å²) in [6, 6.07) is 9.00. The van der Waals surface area contributed by atoms with Crippen LogP contribution in [0.4, 0.5) is 0 Å². The lowest BCUT2D eigenvalue weighted by Crippen LogP contribution is -2.07. The minimum atomic E-state index is -0.0667. The summed E-state index contributed by atoms with van der Waals surface area (Å²) in [5.41, 5.74) is 1.15. The maximum atomic E-state index is 12.3. The van der Waals surface area contributed by atoms with Crippen molar-refractivity contribution >= 4 is 21.7 Å². The molecular formula is C15H14BrNO2. The Hall–Kier alpha value is -1.68. The maximum Gasteiger partial charge on any atom is 0.194 e. The molecule has 0 amide bonds. The van der Waals surface area contributed by atoms with Crippen molar-refractivity contribution in [3.05, 3.63) is 58.3 Å². The lowest BCUT2D eigenvalue weighted by atomic mass is 10.1. The summed E-state index contributed by atoms with van der Waals surface area (Å²) in [5, 5.41) is 0. The minimum absolute atomic E-state index is 0.0537. The van der Waals surface area contributed by atoms with Crippen LogP contribution in [0.25, 0.3) is 0 Å². The van der Waals surface area contributed by atoms with Gasteiger partial charge in [-0.05, 0) is 32.0 Å². The van der Waals surface area contributed by atoms with E-state index in [0.29, 0.717) is 16.9 Å². The number of ketones is 1. The van der Waals surface area contributed by atoms with E-state index in [4.69, 9.17) is 4.74 Å². The molecule has 3 nitrogen and oxygen atoms in total. The summed E-state index contributed by atoms with van der Waals surface area (Å²) < 4.78 is 6.42. The Morgan fingerprint density at radius 1 is 1.21 bits per heavy atom. The van der Waals surface area contributed by atoms with Gasteiger partial charge in [-0.15, -0.1) is 0 Å². The Kier molecular flexibility index (Phi) is 4.32. The molecule has 4 heteroatoms. The van der Waals surface area contributed by atoms with Crippen LogP contribution in [0.5, 0.6) is 5.75 Å². The van der Waals surface area contributed by atoms with Crippen molar-refractivity contribution in [2.75, 3.05) is 0 Å². The standard InChI is InChI=1S/C15H14BrNO2/c1-10(2)19-14-7-12(8-17-9-14)15(18)11-4-3-5-13(16)6-11/h3-10H,1-2H3. The number of ether oxygens (including phenoxy) is 1. The number of benzene rings is 1. The second kappa shape index (κ2) is 5.97. The molecule has 0 spiro atoms. The summed E-state index contributed by atoms with van der Waals surface area (Å²) in [4.78, 5) is 16.4. The van der Waals surface area contributed by atoms with Gasteiger partial charge >= 0.3 is 0 Å². The van der Waals surface area contributed by atoms with Gasteiger partial charge in [-0.2, -0.15) is 0 Å². The number of rotatable bonds is 4. The van der Waals surface area contributed by atoms with Gasteiger partial charge in [-0.3, -0.25) is 9.78 Å². The zero-order valence-corrected chi connectivity index (χ0v) is 12.3. The summed E-state index contributed by atoms with van der Waals surface area (Å²) in [6.45, 7) is 3.87. The lowest BCUT2D eigenvalue weighted by Gasteiger charge is -2.10. The van der Waals surface area contributed by atoms with Gasteiger partial charge in [0, 0.05) is 21.8 Å². The third-order valence-electron chi connectivity index (χ3n) is 2.43. The smallest absolute Gasteiger partial charge is 0.194 e. The normalized spacial score (nSPS) is 10.5. The van der Waals surface area contributed by atoms with E-state index in [1.165, 1.54) is 0 Å². The number of aromatic nitrogens is 1. The van der Waals surface area contributed by atoms with Crippen LogP contribution in [0.2, 0.25) is 0 Å². The Bertz CT molecular complexity index is 596. The molecule has 0 atom stereocenters. The van der Waals surface area contributed by atoms with E-state index in [9.17, 15) is 4.79 Å². The van der Waals surface area contributed by atoms with Crippen molar-refractivity contribution in [3.63, 3.8) is 0 Å². The van der Waals surface area contributed by atoms with Crippen LogP contribution in [-0.2, 0) is 0 Å². The Morgan fingerprint density at radius 2 is 2.00 bits per heavy atom. The first-order chi connectivity index (χ1) is 9.06. The second-order valence-electron chi connectivity index (χ2n) is 4.42. The fourth-order valence-electron chi connectivity index (χ4n) is 1.68. The SMILES string of the molecule is CC(C)Oc1cncc(C(=O)c2cccc(Br)c2)c1. The molecule has 0 saturated carbocycles. The molecule has 0 saturated heterocycles. The number of carbonyl (C=O) groups is 1. The lowest BCUT2D eigenvalue weighted by molar-refractivity contribution is 0.103. The Balaban J connectivity index is 2.29. The zero-order chi connectivity index (χ0) is 13.8. The molecule has 1 aromatic heterocycles. The van der Waals surface area contributed by atoms with Gasteiger partial charge in [0.1, 0.15) is 5.75 Å². The molecule has 0 aliphatic carbocycles. The minimum Gasteiger partial charge on any atom is -0.489 e. The molecule has 1 heterocycles. The second-order valence-corrected chi connectivity index (χ2v) is 5.33. The average molecular weight is 320 g/mol. The number of halogens is 1. The van der Waals surface area contributed by atoms with E-state index >= 15 is 0 Å². The Labute approximate surface area is 120 Å². The number of pyridine rings is 1. The molecule has 1 aromatic carbocycles. The van der Waals surface area contributed by atoms with Gasteiger partial charge in [0.15, 0.2) is 5.78 Å². The Morgan fingerprint density at radius 3 is 2.68 bits per heavy atom. The van der Waals surface area contributed by atoms with E-state index < -0.39 is 0 Å². The van der Waals surface area contributed by atoms with Gasteiger partial charge in [-0.1, -0.05) is 28.1 Å². The van der Waals surface area contributed by atoms with E-state index in [1.807, 2.05) is 26.0 Å². The van der Waals surface area contributed by atoms with E-state index in [1.54, 1.807) is 30.6 Å².